The van der Waals surface area contributed by atoms with E-state index in [1.165, 1.54) is 12.7 Å². The van der Waals surface area contributed by atoms with Gasteiger partial charge in [0.25, 0.3) is 0 Å². The predicted octanol–water partition coefficient (Wildman–Crippen LogP) is 1.17. The fraction of sp³-hybridized carbons (Fsp3) is 0.444. The van der Waals surface area contributed by atoms with Crippen molar-refractivity contribution < 1.29 is 0 Å². The second-order valence-electron chi connectivity index (χ2n) is 3.36. The molecule has 4 heteroatoms. The van der Waals surface area contributed by atoms with Crippen LogP contribution in [0.3, 0.4) is 0 Å². The van der Waals surface area contributed by atoms with E-state index >= 15 is 0 Å². The van der Waals surface area contributed by atoms with E-state index in [-0.39, 0.29) is 0 Å². The molecule has 0 amide bonds. The molecule has 1 fully saturated rings. The molecule has 0 radical (unpaired) electrons. The van der Waals surface area contributed by atoms with Crippen LogP contribution in [0.1, 0.15) is 19.0 Å². The Morgan fingerprint density at radius 1 is 1.62 bits per heavy atom. The third kappa shape index (κ3) is 1.75. The molecule has 4 nitrogen and oxygen atoms in total. The summed E-state index contributed by atoms with van der Waals surface area (Å²) in [6.07, 6.45) is 2.60. The predicted molar refractivity (Wildman–Crippen MR) is 47.9 cm³/mol. The van der Waals surface area contributed by atoms with Crippen LogP contribution in [0.2, 0.25) is 0 Å². The molecular weight excluding hydrogens is 164 g/mol. The van der Waals surface area contributed by atoms with E-state index in [2.05, 4.69) is 22.2 Å². The topological polar surface area (TPSA) is 61.6 Å². The quantitative estimate of drug-likeness (QED) is 0.731. The zero-order valence-electron chi connectivity index (χ0n) is 7.36. The molecule has 0 bridgehead atoms. The van der Waals surface area contributed by atoms with Gasteiger partial charge in [-0.3, -0.25) is 0 Å². The van der Waals surface area contributed by atoms with Crippen LogP contribution >= 0.6 is 0 Å². The summed E-state index contributed by atoms with van der Waals surface area (Å²) < 4.78 is 0. The van der Waals surface area contributed by atoms with Crippen molar-refractivity contribution in [3.8, 4) is 6.07 Å². The summed E-state index contributed by atoms with van der Waals surface area (Å²) in [5, 5.41) is 11.8. The number of anilines is 1. The van der Waals surface area contributed by atoms with Gasteiger partial charge in [0.05, 0.1) is 0 Å². The van der Waals surface area contributed by atoms with E-state index in [1.807, 2.05) is 6.07 Å². The summed E-state index contributed by atoms with van der Waals surface area (Å²) in [6, 6.07) is 4.18. The summed E-state index contributed by atoms with van der Waals surface area (Å²) in [4.78, 5) is 7.82. The number of hydrogen-bond acceptors (Lipinski definition) is 4. The first kappa shape index (κ1) is 7.99. The van der Waals surface area contributed by atoms with Crippen molar-refractivity contribution in [2.24, 2.45) is 5.92 Å². The van der Waals surface area contributed by atoms with Gasteiger partial charge in [-0.25, -0.2) is 9.97 Å². The summed E-state index contributed by atoms with van der Waals surface area (Å²) >= 11 is 0. The highest BCUT2D eigenvalue weighted by molar-refractivity contribution is 5.40. The summed E-state index contributed by atoms with van der Waals surface area (Å²) in [5.74, 6) is 1.47. The first-order valence-electron chi connectivity index (χ1n) is 4.28. The van der Waals surface area contributed by atoms with Crippen LogP contribution in [0, 0.1) is 17.2 Å². The van der Waals surface area contributed by atoms with Gasteiger partial charge < -0.3 is 5.32 Å². The Morgan fingerprint density at radius 2 is 2.38 bits per heavy atom. The zero-order valence-corrected chi connectivity index (χ0v) is 7.36. The fourth-order valence-electron chi connectivity index (χ4n) is 1.21. The second-order valence-corrected chi connectivity index (χ2v) is 3.36. The van der Waals surface area contributed by atoms with Crippen LogP contribution in [0.15, 0.2) is 12.4 Å². The molecule has 1 N–H and O–H groups in total. The molecule has 1 saturated carbocycles. The highest BCUT2D eigenvalue weighted by Gasteiger charge is 2.32. The van der Waals surface area contributed by atoms with Gasteiger partial charge in [0.15, 0.2) is 0 Å². The number of nitriles is 1. The largest absolute Gasteiger partial charge is 0.367 e. The molecule has 2 rings (SSSR count). The Morgan fingerprint density at radius 3 is 3.00 bits per heavy atom. The lowest BCUT2D eigenvalue weighted by Gasteiger charge is -2.02. The molecule has 2 unspecified atom stereocenters. The van der Waals surface area contributed by atoms with E-state index in [9.17, 15) is 0 Å². The summed E-state index contributed by atoms with van der Waals surface area (Å²) in [7, 11) is 0. The van der Waals surface area contributed by atoms with Crippen molar-refractivity contribution in [1.82, 2.24) is 9.97 Å². The molecule has 0 spiro atoms. The lowest BCUT2D eigenvalue weighted by atomic mass is 10.4. The lowest BCUT2D eigenvalue weighted by Crippen LogP contribution is -2.05. The molecule has 0 saturated heterocycles. The van der Waals surface area contributed by atoms with Crippen LogP contribution < -0.4 is 5.32 Å². The molecule has 1 aliphatic carbocycles. The lowest BCUT2D eigenvalue weighted by molar-refractivity contribution is 0.921. The Labute approximate surface area is 76.6 Å². The molecule has 66 valence electrons. The standard InChI is InChI=1S/C9H10N4/c1-6-2-8(6)13-9-3-7(4-10)11-5-12-9/h3,5-6,8H,2H2,1H3,(H,11,12,13). The van der Waals surface area contributed by atoms with Crippen LogP contribution in [-0.2, 0) is 0 Å². The van der Waals surface area contributed by atoms with Crippen LogP contribution in [0.4, 0.5) is 5.82 Å². The monoisotopic (exact) mass is 174 g/mol. The highest BCUT2D eigenvalue weighted by Crippen LogP contribution is 2.31. The van der Waals surface area contributed by atoms with Crippen LogP contribution in [-0.4, -0.2) is 16.0 Å². The van der Waals surface area contributed by atoms with Crippen molar-refractivity contribution in [3.05, 3.63) is 18.1 Å². The van der Waals surface area contributed by atoms with E-state index in [1.54, 1.807) is 6.07 Å². The van der Waals surface area contributed by atoms with Gasteiger partial charge in [-0.2, -0.15) is 5.26 Å². The Balaban J connectivity index is 2.08. The van der Waals surface area contributed by atoms with Gasteiger partial charge in [0.1, 0.15) is 23.9 Å². The zero-order chi connectivity index (χ0) is 9.26. The maximum atomic E-state index is 8.60. The molecule has 1 aliphatic rings. The van der Waals surface area contributed by atoms with Crippen LogP contribution in [0.5, 0.6) is 0 Å². The number of hydrogen-bond donors (Lipinski definition) is 1. The van der Waals surface area contributed by atoms with Gasteiger partial charge >= 0.3 is 0 Å². The van der Waals surface area contributed by atoms with Gasteiger partial charge in [-0.1, -0.05) is 6.92 Å². The average Bonchev–Trinajstić information content (AvgIpc) is 2.82. The highest BCUT2D eigenvalue weighted by atomic mass is 15.1. The van der Waals surface area contributed by atoms with Gasteiger partial charge in [0, 0.05) is 12.1 Å². The van der Waals surface area contributed by atoms with E-state index in [0.717, 1.165) is 11.7 Å². The Hall–Kier alpha value is -1.63. The molecule has 0 aliphatic heterocycles. The molecule has 1 aromatic heterocycles. The summed E-state index contributed by atoms with van der Waals surface area (Å²) in [6.45, 7) is 2.18. The number of aromatic nitrogens is 2. The van der Waals surface area contributed by atoms with Crippen LogP contribution in [0.25, 0.3) is 0 Å². The first-order valence-corrected chi connectivity index (χ1v) is 4.28. The van der Waals surface area contributed by atoms with Crippen molar-refractivity contribution >= 4 is 5.82 Å². The van der Waals surface area contributed by atoms with Gasteiger partial charge in [-0.15, -0.1) is 0 Å². The van der Waals surface area contributed by atoms with Crippen molar-refractivity contribution in [3.63, 3.8) is 0 Å². The first-order chi connectivity index (χ1) is 6.29. The molecule has 2 atom stereocenters. The van der Waals surface area contributed by atoms with E-state index < -0.39 is 0 Å². The minimum absolute atomic E-state index is 0.408. The molecule has 13 heavy (non-hydrogen) atoms. The third-order valence-electron chi connectivity index (χ3n) is 2.22. The molecule has 1 aromatic rings. The van der Waals surface area contributed by atoms with Gasteiger partial charge in [0.2, 0.25) is 0 Å². The van der Waals surface area contributed by atoms with Crippen molar-refractivity contribution in [2.45, 2.75) is 19.4 Å². The average molecular weight is 174 g/mol. The SMILES string of the molecule is CC1CC1Nc1cc(C#N)ncn1. The second kappa shape index (κ2) is 3.02. The minimum Gasteiger partial charge on any atom is -0.367 e. The fourth-order valence-corrected chi connectivity index (χ4v) is 1.21. The molecular formula is C9H10N4. The number of nitrogens with zero attached hydrogens (tertiary/aromatic N) is 3. The maximum Gasteiger partial charge on any atom is 0.145 e. The molecule has 1 heterocycles. The number of nitrogens with one attached hydrogen (secondary N) is 1. The normalized spacial score (nSPS) is 24.9. The Bertz CT molecular complexity index is 355. The molecule has 0 aromatic carbocycles. The summed E-state index contributed by atoms with van der Waals surface area (Å²) in [5.41, 5.74) is 0.408. The smallest absolute Gasteiger partial charge is 0.145 e. The van der Waals surface area contributed by atoms with E-state index in [0.29, 0.717) is 11.7 Å². The Kier molecular flexibility index (Phi) is 1.85. The van der Waals surface area contributed by atoms with Gasteiger partial charge in [-0.05, 0) is 12.3 Å². The minimum atomic E-state index is 0.408. The van der Waals surface area contributed by atoms with Crippen molar-refractivity contribution in [1.29, 1.82) is 5.26 Å². The maximum absolute atomic E-state index is 8.60. The van der Waals surface area contributed by atoms with E-state index in [4.69, 9.17) is 5.26 Å². The van der Waals surface area contributed by atoms with Crippen molar-refractivity contribution in [2.75, 3.05) is 5.32 Å². The number of rotatable bonds is 2. The third-order valence-corrected chi connectivity index (χ3v) is 2.22.